The predicted octanol–water partition coefficient (Wildman–Crippen LogP) is 4.70. The molecule has 3 aliphatic heterocycles. The highest BCUT2D eigenvalue weighted by Gasteiger charge is 2.43. The van der Waals surface area contributed by atoms with Crippen molar-refractivity contribution in [1.29, 1.82) is 0 Å². The summed E-state index contributed by atoms with van der Waals surface area (Å²) in [7, 11) is -2.17. The lowest BCUT2D eigenvalue weighted by molar-refractivity contribution is -0.0906. The molecule has 3 aliphatic rings. The zero-order valence-corrected chi connectivity index (χ0v) is 20.4. The molecule has 2 aromatic carbocycles. The minimum absolute atomic E-state index is 0.154. The Balaban J connectivity index is 1.33. The molecular weight excluding hydrogens is 469 g/mol. The Morgan fingerprint density at radius 2 is 2.03 bits per heavy atom. The molecule has 3 saturated heterocycles. The second kappa shape index (κ2) is 9.11. The van der Waals surface area contributed by atoms with Gasteiger partial charge in [0.1, 0.15) is 24.0 Å². The summed E-state index contributed by atoms with van der Waals surface area (Å²) < 4.78 is 49.3. The third-order valence-electron chi connectivity index (χ3n) is 7.10. The fourth-order valence-electron chi connectivity index (χ4n) is 5.35. The average molecular weight is 498 g/mol. The second-order valence-corrected chi connectivity index (χ2v) is 12.1. The number of fused-ring (bicyclic) bond motifs is 2. The van der Waals surface area contributed by atoms with Crippen LogP contribution in [0.25, 0.3) is 10.9 Å². The largest absolute Gasteiger partial charge is 0.487 e. The maximum atomic E-state index is 14.2. The van der Waals surface area contributed by atoms with E-state index in [-0.39, 0.29) is 24.1 Å². The molecule has 0 saturated carbocycles. The van der Waals surface area contributed by atoms with Gasteiger partial charge in [-0.1, -0.05) is 6.07 Å². The molecule has 0 amide bonds. The van der Waals surface area contributed by atoms with E-state index in [2.05, 4.69) is 14.3 Å². The first-order valence-electron chi connectivity index (χ1n) is 12.1. The van der Waals surface area contributed by atoms with Crippen LogP contribution in [0.15, 0.2) is 41.0 Å². The fourth-order valence-corrected chi connectivity index (χ4v) is 7.54. The van der Waals surface area contributed by atoms with Gasteiger partial charge in [0.15, 0.2) is 6.29 Å². The topological polar surface area (TPSA) is 82.9 Å². The first-order valence-corrected chi connectivity index (χ1v) is 14.0. The van der Waals surface area contributed by atoms with E-state index < -0.39 is 9.73 Å². The van der Waals surface area contributed by atoms with Crippen molar-refractivity contribution in [3.8, 4) is 5.75 Å². The average Bonchev–Trinajstić information content (AvgIpc) is 3.54. The monoisotopic (exact) mass is 497 g/mol. The molecule has 3 fully saturated rings. The van der Waals surface area contributed by atoms with E-state index in [1.807, 2.05) is 19.1 Å². The standard InChI is InChI=1S/C26H28FN3O4S/c1-16-10-19(30-35(31)8-2-3-9-35)13-22-25(16)21(28-15-29-22)11-17-4-5-18(27)12-23(17)34-24-14-33-26-20(24)6-7-32-26/h4-5,10,12-13,15,20,24,26H,2-3,6-9,11,14H2,1H3/t20-,24-,26+/m1/s1. The smallest absolute Gasteiger partial charge is 0.164 e. The number of halogens is 1. The quantitative estimate of drug-likeness (QED) is 0.508. The molecule has 9 heteroatoms. The summed E-state index contributed by atoms with van der Waals surface area (Å²) in [6.07, 6.45) is 4.38. The summed E-state index contributed by atoms with van der Waals surface area (Å²) in [5.74, 6) is 1.62. The Kier molecular flexibility index (Phi) is 5.94. The van der Waals surface area contributed by atoms with Gasteiger partial charge >= 0.3 is 0 Å². The SMILES string of the molecule is Cc1cc(N=S2(=O)CCCC2)cc2ncnc(Cc3ccc(F)cc3O[C@@H]3CO[C@@H]4OCC[C@@H]43)c12. The highest BCUT2D eigenvalue weighted by molar-refractivity contribution is 7.93. The number of aryl methyl sites for hydroxylation is 1. The molecule has 0 bridgehead atoms. The maximum Gasteiger partial charge on any atom is 0.164 e. The Morgan fingerprint density at radius 3 is 2.89 bits per heavy atom. The van der Waals surface area contributed by atoms with Gasteiger partial charge in [0.05, 0.1) is 45.8 Å². The lowest BCUT2D eigenvalue weighted by Crippen LogP contribution is -2.26. The normalized spacial score (nSPS) is 25.1. The lowest BCUT2D eigenvalue weighted by Gasteiger charge is -2.20. The van der Waals surface area contributed by atoms with Crippen molar-refractivity contribution in [2.45, 2.75) is 45.0 Å². The van der Waals surface area contributed by atoms with Crippen LogP contribution in [0.5, 0.6) is 5.75 Å². The fraction of sp³-hybridized carbons (Fsp3) is 0.462. The Morgan fingerprint density at radius 1 is 1.17 bits per heavy atom. The molecule has 0 aliphatic carbocycles. The number of rotatable bonds is 5. The Bertz CT molecular complexity index is 1390. The second-order valence-electron chi connectivity index (χ2n) is 9.57. The van der Waals surface area contributed by atoms with Crippen molar-refractivity contribution < 1.29 is 22.8 Å². The van der Waals surface area contributed by atoms with Crippen molar-refractivity contribution in [1.82, 2.24) is 9.97 Å². The van der Waals surface area contributed by atoms with E-state index >= 15 is 0 Å². The summed E-state index contributed by atoms with van der Waals surface area (Å²) >= 11 is 0. The van der Waals surface area contributed by atoms with Crippen LogP contribution in [0.3, 0.4) is 0 Å². The van der Waals surface area contributed by atoms with Crippen LogP contribution < -0.4 is 4.74 Å². The van der Waals surface area contributed by atoms with Gasteiger partial charge in [-0.15, -0.1) is 0 Å². The predicted molar refractivity (Wildman–Crippen MR) is 131 cm³/mol. The minimum atomic E-state index is -2.17. The minimum Gasteiger partial charge on any atom is -0.487 e. The van der Waals surface area contributed by atoms with E-state index in [1.165, 1.54) is 18.5 Å². The molecule has 0 unspecified atom stereocenters. The lowest BCUT2D eigenvalue weighted by atomic mass is 10.0. The molecule has 1 aromatic heterocycles. The summed E-state index contributed by atoms with van der Waals surface area (Å²) in [5, 5.41) is 0.927. The maximum absolute atomic E-state index is 14.2. The third-order valence-corrected chi connectivity index (χ3v) is 9.49. The van der Waals surface area contributed by atoms with Crippen LogP contribution in [0.2, 0.25) is 0 Å². The van der Waals surface area contributed by atoms with Gasteiger partial charge in [0.25, 0.3) is 0 Å². The number of benzene rings is 2. The van der Waals surface area contributed by atoms with Gasteiger partial charge in [-0.05, 0) is 49.9 Å². The van der Waals surface area contributed by atoms with E-state index in [0.717, 1.165) is 47.0 Å². The van der Waals surface area contributed by atoms with Crippen LogP contribution in [-0.4, -0.2) is 51.3 Å². The van der Waals surface area contributed by atoms with Gasteiger partial charge in [-0.2, -0.15) is 4.36 Å². The van der Waals surface area contributed by atoms with Crippen molar-refractivity contribution in [2.24, 2.45) is 10.3 Å². The van der Waals surface area contributed by atoms with Crippen molar-refractivity contribution in [3.05, 3.63) is 59.3 Å². The van der Waals surface area contributed by atoms with Crippen LogP contribution in [0.1, 0.15) is 36.1 Å². The van der Waals surface area contributed by atoms with Crippen LogP contribution in [0.4, 0.5) is 10.1 Å². The summed E-state index contributed by atoms with van der Waals surface area (Å²) in [6, 6.07) is 8.47. The van der Waals surface area contributed by atoms with Gasteiger partial charge in [-0.3, -0.25) is 0 Å². The van der Waals surface area contributed by atoms with Crippen LogP contribution >= 0.6 is 0 Å². The zero-order valence-electron chi connectivity index (χ0n) is 19.6. The molecule has 4 heterocycles. The van der Waals surface area contributed by atoms with E-state index in [4.69, 9.17) is 14.2 Å². The van der Waals surface area contributed by atoms with Gasteiger partial charge in [-0.25, -0.2) is 18.6 Å². The molecule has 3 atom stereocenters. The Labute approximate surface area is 204 Å². The molecule has 0 spiro atoms. The molecule has 7 nitrogen and oxygen atoms in total. The summed E-state index contributed by atoms with van der Waals surface area (Å²) in [4.78, 5) is 9.04. The van der Waals surface area contributed by atoms with Gasteiger partial charge in [0.2, 0.25) is 0 Å². The highest BCUT2D eigenvalue weighted by Crippen LogP contribution is 2.36. The van der Waals surface area contributed by atoms with Crippen molar-refractivity contribution in [2.75, 3.05) is 24.7 Å². The molecule has 0 radical (unpaired) electrons. The zero-order chi connectivity index (χ0) is 24.0. The molecule has 6 rings (SSSR count). The summed E-state index contributed by atoms with van der Waals surface area (Å²) in [6.45, 7) is 3.07. The Hall–Kier alpha value is -2.62. The van der Waals surface area contributed by atoms with Crippen LogP contribution in [-0.2, 0) is 25.6 Å². The van der Waals surface area contributed by atoms with Gasteiger partial charge in [0, 0.05) is 34.9 Å². The molecule has 3 aromatic rings. The molecule has 184 valence electrons. The summed E-state index contributed by atoms with van der Waals surface area (Å²) in [5.41, 5.74) is 4.10. The van der Waals surface area contributed by atoms with Crippen LogP contribution in [0, 0.1) is 18.7 Å². The van der Waals surface area contributed by atoms with Gasteiger partial charge < -0.3 is 14.2 Å². The molecule has 0 N–H and O–H groups in total. The number of nitrogens with zero attached hydrogens (tertiary/aromatic N) is 3. The highest BCUT2D eigenvalue weighted by atomic mass is 32.2. The number of hydrogen-bond acceptors (Lipinski definition) is 7. The third kappa shape index (κ3) is 4.52. The number of aromatic nitrogens is 2. The number of hydrogen-bond donors (Lipinski definition) is 0. The van der Waals surface area contributed by atoms with E-state index in [9.17, 15) is 8.60 Å². The van der Waals surface area contributed by atoms with Crippen molar-refractivity contribution in [3.63, 3.8) is 0 Å². The molecule has 35 heavy (non-hydrogen) atoms. The van der Waals surface area contributed by atoms with E-state index in [0.29, 0.717) is 42.6 Å². The van der Waals surface area contributed by atoms with Crippen molar-refractivity contribution >= 4 is 26.3 Å². The molecular formula is C26H28FN3O4S. The van der Waals surface area contributed by atoms with E-state index in [1.54, 1.807) is 6.07 Å². The first-order chi connectivity index (χ1) is 17.0. The first kappa shape index (κ1) is 22.8. The number of ether oxygens (including phenoxy) is 3.